The summed E-state index contributed by atoms with van der Waals surface area (Å²) in [5.41, 5.74) is 12.0. The van der Waals surface area contributed by atoms with Crippen molar-refractivity contribution < 1.29 is 0 Å². The summed E-state index contributed by atoms with van der Waals surface area (Å²) in [6, 6.07) is 16.6. The Morgan fingerprint density at radius 2 is 1.96 bits per heavy atom. The molecule has 1 aliphatic rings. The third-order valence-electron chi connectivity index (χ3n) is 4.35. The quantitative estimate of drug-likeness (QED) is 0.548. The maximum atomic E-state index is 6.03. The van der Waals surface area contributed by atoms with Crippen LogP contribution in [0.1, 0.15) is 23.2 Å². The van der Waals surface area contributed by atoms with Gasteiger partial charge in [0.2, 0.25) is 0 Å². The maximum Gasteiger partial charge on any atom is 0.193 e. The third-order valence-corrected chi connectivity index (χ3v) is 5.29. The zero-order valence-corrected chi connectivity index (χ0v) is 14.7. The molecular formula is C20H20N4S. The first-order valence-electron chi connectivity index (χ1n) is 8.46. The highest BCUT2D eigenvalue weighted by Crippen LogP contribution is 2.25. The fraction of sp³-hybridized carbons (Fsp3) is 0.200. The molecule has 0 saturated heterocycles. The summed E-state index contributed by atoms with van der Waals surface area (Å²) in [6.45, 7) is 0.479. The Hall–Kier alpha value is -2.66. The Morgan fingerprint density at radius 1 is 1.12 bits per heavy atom. The van der Waals surface area contributed by atoms with Crippen molar-refractivity contribution in [2.24, 2.45) is 10.7 Å². The molecule has 0 radical (unpaired) electrons. The second-order valence-corrected chi connectivity index (χ2v) is 7.03. The number of nitrogens with one attached hydrogen (secondary N) is 1. The molecule has 3 N–H and O–H groups in total. The fourth-order valence-electron chi connectivity index (χ4n) is 3.10. The van der Waals surface area contributed by atoms with E-state index in [2.05, 4.69) is 45.6 Å². The molecule has 4 rings (SSSR count). The first kappa shape index (κ1) is 15.8. The fourth-order valence-corrected chi connectivity index (χ4v) is 3.91. The number of nitrogens with zero attached hydrogens (tertiary/aromatic N) is 2. The number of nitrogens with two attached hydrogens (primary N) is 1. The normalized spacial score (nSPS) is 13.7. The Labute approximate surface area is 151 Å². The minimum atomic E-state index is 0.423. The van der Waals surface area contributed by atoms with E-state index in [9.17, 15) is 0 Å². The first-order valence-corrected chi connectivity index (χ1v) is 9.34. The van der Waals surface area contributed by atoms with Gasteiger partial charge in [0.05, 0.1) is 12.2 Å². The van der Waals surface area contributed by atoms with Crippen LogP contribution in [0, 0.1) is 0 Å². The number of fused-ring (bicyclic) bond motifs is 1. The standard InChI is InChI=1S/C20H20N4S/c21-20(24-17-10-9-14-7-4-8-16(14)11-17)22-12-18-13-25-19(23-18)15-5-2-1-3-6-15/h1-3,5-6,9-11,13H,4,7-8,12H2,(H3,21,22,24). The average Bonchev–Trinajstić information content (AvgIpc) is 3.30. The van der Waals surface area contributed by atoms with Crippen LogP contribution in [0.2, 0.25) is 0 Å². The molecule has 0 amide bonds. The highest BCUT2D eigenvalue weighted by Gasteiger charge is 2.11. The monoisotopic (exact) mass is 348 g/mol. The van der Waals surface area contributed by atoms with Gasteiger partial charge in [-0.15, -0.1) is 11.3 Å². The van der Waals surface area contributed by atoms with Gasteiger partial charge in [-0.25, -0.2) is 9.98 Å². The summed E-state index contributed by atoms with van der Waals surface area (Å²) in [5.74, 6) is 0.423. The van der Waals surface area contributed by atoms with Gasteiger partial charge in [0.25, 0.3) is 0 Å². The number of hydrogen-bond acceptors (Lipinski definition) is 3. The third kappa shape index (κ3) is 3.72. The zero-order valence-electron chi connectivity index (χ0n) is 13.9. The summed E-state index contributed by atoms with van der Waals surface area (Å²) < 4.78 is 0. The minimum absolute atomic E-state index is 0.423. The van der Waals surface area contributed by atoms with E-state index in [1.54, 1.807) is 11.3 Å². The number of thiazole rings is 1. The van der Waals surface area contributed by atoms with E-state index in [4.69, 9.17) is 5.73 Å². The lowest BCUT2D eigenvalue weighted by atomic mass is 10.1. The summed E-state index contributed by atoms with van der Waals surface area (Å²) in [4.78, 5) is 9.05. The van der Waals surface area contributed by atoms with Gasteiger partial charge in [-0.2, -0.15) is 0 Å². The van der Waals surface area contributed by atoms with E-state index in [1.165, 1.54) is 24.0 Å². The zero-order chi connectivity index (χ0) is 17.1. The van der Waals surface area contributed by atoms with Crippen molar-refractivity contribution in [3.63, 3.8) is 0 Å². The van der Waals surface area contributed by atoms with E-state index >= 15 is 0 Å². The van der Waals surface area contributed by atoms with E-state index in [-0.39, 0.29) is 0 Å². The number of aliphatic imine (C=N–C) groups is 1. The topological polar surface area (TPSA) is 63.3 Å². The lowest BCUT2D eigenvalue weighted by molar-refractivity contribution is 0.912. The van der Waals surface area contributed by atoms with Gasteiger partial charge in [0.15, 0.2) is 5.96 Å². The van der Waals surface area contributed by atoms with E-state index in [1.807, 2.05) is 23.6 Å². The van der Waals surface area contributed by atoms with Crippen LogP contribution in [-0.2, 0) is 19.4 Å². The molecule has 0 atom stereocenters. The second-order valence-electron chi connectivity index (χ2n) is 6.17. The van der Waals surface area contributed by atoms with Crippen LogP contribution in [0.25, 0.3) is 10.6 Å². The van der Waals surface area contributed by atoms with Gasteiger partial charge >= 0.3 is 0 Å². The molecule has 25 heavy (non-hydrogen) atoms. The van der Waals surface area contributed by atoms with Crippen LogP contribution >= 0.6 is 11.3 Å². The van der Waals surface area contributed by atoms with Gasteiger partial charge in [0.1, 0.15) is 5.01 Å². The van der Waals surface area contributed by atoms with Crippen molar-refractivity contribution in [2.45, 2.75) is 25.8 Å². The maximum absolute atomic E-state index is 6.03. The SMILES string of the molecule is NC(=NCc1csc(-c2ccccc2)n1)Nc1ccc2c(c1)CCC2. The Kier molecular flexibility index (Phi) is 4.48. The summed E-state index contributed by atoms with van der Waals surface area (Å²) in [7, 11) is 0. The molecule has 0 aliphatic heterocycles. The molecule has 1 heterocycles. The van der Waals surface area contributed by atoms with Crippen LogP contribution in [0.15, 0.2) is 58.9 Å². The molecule has 3 aromatic rings. The number of rotatable bonds is 4. The van der Waals surface area contributed by atoms with Gasteiger partial charge < -0.3 is 11.1 Å². The summed E-state index contributed by atoms with van der Waals surface area (Å²) in [5, 5.41) is 6.23. The van der Waals surface area contributed by atoms with Crippen LogP contribution in [-0.4, -0.2) is 10.9 Å². The number of aromatic nitrogens is 1. The van der Waals surface area contributed by atoms with E-state index in [0.29, 0.717) is 12.5 Å². The lowest BCUT2D eigenvalue weighted by Crippen LogP contribution is -2.22. The molecular weight excluding hydrogens is 328 g/mol. The molecule has 0 saturated carbocycles. The van der Waals surface area contributed by atoms with Crippen molar-refractivity contribution in [3.05, 3.63) is 70.7 Å². The Morgan fingerprint density at radius 3 is 2.84 bits per heavy atom. The van der Waals surface area contributed by atoms with Crippen LogP contribution in [0.4, 0.5) is 5.69 Å². The first-order chi connectivity index (χ1) is 12.3. The number of hydrogen-bond donors (Lipinski definition) is 2. The molecule has 0 spiro atoms. The predicted molar refractivity (Wildman–Crippen MR) is 105 cm³/mol. The Balaban J connectivity index is 1.41. The predicted octanol–water partition coefficient (Wildman–Crippen LogP) is 4.23. The van der Waals surface area contributed by atoms with Crippen molar-refractivity contribution in [1.82, 2.24) is 4.98 Å². The number of benzene rings is 2. The van der Waals surface area contributed by atoms with E-state index in [0.717, 1.165) is 28.4 Å². The van der Waals surface area contributed by atoms with E-state index < -0.39 is 0 Å². The van der Waals surface area contributed by atoms with Gasteiger partial charge in [-0.05, 0) is 42.5 Å². The summed E-state index contributed by atoms with van der Waals surface area (Å²) >= 11 is 1.63. The number of guanidine groups is 1. The second kappa shape index (κ2) is 7.07. The smallest absolute Gasteiger partial charge is 0.193 e. The molecule has 2 aromatic carbocycles. The van der Waals surface area contributed by atoms with Crippen molar-refractivity contribution in [3.8, 4) is 10.6 Å². The molecule has 126 valence electrons. The largest absolute Gasteiger partial charge is 0.370 e. The van der Waals surface area contributed by atoms with Crippen LogP contribution in [0.3, 0.4) is 0 Å². The van der Waals surface area contributed by atoms with Crippen LogP contribution in [0.5, 0.6) is 0 Å². The summed E-state index contributed by atoms with van der Waals surface area (Å²) in [6.07, 6.45) is 3.59. The molecule has 0 bridgehead atoms. The molecule has 4 nitrogen and oxygen atoms in total. The molecule has 1 aromatic heterocycles. The minimum Gasteiger partial charge on any atom is -0.370 e. The van der Waals surface area contributed by atoms with Crippen molar-refractivity contribution in [2.75, 3.05) is 5.32 Å². The molecule has 0 unspecified atom stereocenters. The van der Waals surface area contributed by atoms with Gasteiger partial charge in [-0.3, -0.25) is 0 Å². The highest BCUT2D eigenvalue weighted by atomic mass is 32.1. The Bertz CT molecular complexity index is 899. The van der Waals surface area contributed by atoms with Crippen LogP contribution < -0.4 is 11.1 Å². The van der Waals surface area contributed by atoms with Crippen molar-refractivity contribution >= 4 is 23.0 Å². The molecule has 5 heteroatoms. The number of anilines is 1. The van der Waals surface area contributed by atoms with Gasteiger partial charge in [-0.1, -0.05) is 36.4 Å². The number of aryl methyl sites for hydroxylation is 2. The average molecular weight is 348 g/mol. The molecule has 1 aliphatic carbocycles. The van der Waals surface area contributed by atoms with Gasteiger partial charge in [0, 0.05) is 16.6 Å². The molecule has 0 fully saturated rings. The highest BCUT2D eigenvalue weighted by molar-refractivity contribution is 7.13. The van der Waals surface area contributed by atoms with Crippen molar-refractivity contribution in [1.29, 1.82) is 0 Å². The lowest BCUT2D eigenvalue weighted by Gasteiger charge is -2.07.